The molecule has 1 unspecified atom stereocenters. The van der Waals surface area contributed by atoms with E-state index in [9.17, 15) is 4.79 Å². The van der Waals surface area contributed by atoms with E-state index >= 15 is 0 Å². The molecule has 0 spiro atoms. The largest absolute Gasteiger partial charge is 0.387 e. The highest BCUT2D eigenvalue weighted by molar-refractivity contribution is 5.80. The van der Waals surface area contributed by atoms with Crippen LogP contribution in [0.25, 0.3) is 0 Å². The number of hydrogen-bond donors (Lipinski definition) is 3. The van der Waals surface area contributed by atoms with Gasteiger partial charge in [-0.25, -0.2) is 4.79 Å². The number of nitrogens with zero attached hydrogens (tertiary/aromatic N) is 1. The summed E-state index contributed by atoms with van der Waals surface area (Å²) in [5.74, 6) is 0.0421. The highest BCUT2D eigenvalue weighted by atomic mass is 16.2. The first kappa shape index (κ1) is 11.8. The van der Waals surface area contributed by atoms with E-state index in [1.165, 1.54) is 6.42 Å². The minimum absolute atomic E-state index is 0.0622. The van der Waals surface area contributed by atoms with E-state index in [4.69, 9.17) is 11.1 Å². The van der Waals surface area contributed by atoms with Crippen molar-refractivity contribution in [3.05, 3.63) is 0 Å². The number of rotatable bonds is 4. The summed E-state index contributed by atoms with van der Waals surface area (Å²) in [6, 6.07) is 0.292. The Hall–Kier alpha value is -1.26. The third-order valence-electron chi connectivity index (χ3n) is 2.86. The van der Waals surface area contributed by atoms with E-state index in [1.807, 2.05) is 6.92 Å². The zero-order chi connectivity index (χ0) is 11.4. The molecule has 0 aromatic carbocycles. The molecule has 4 N–H and O–H groups in total. The van der Waals surface area contributed by atoms with Gasteiger partial charge in [-0.05, 0) is 19.3 Å². The summed E-state index contributed by atoms with van der Waals surface area (Å²) in [5, 5.41) is 10.2. The molecule has 0 aromatic heterocycles. The fourth-order valence-corrected chi connectivity index (χ4v) is 1.43. The lowest BCUT2D eigenvalue weighted by Gasteiger charge is -2.29. The summed E-state index contributed by atoms with van der Waals surface area (Å²) >= 11 is 0. The molecular formula is C10H20N4O. The van der Waals surface area contributed by atoms with Crippen molar-refractivity contribution >= 4 is 11.9 Å². The molecule has 0 bridgehead atoms. The standard InChI is InChI=1S/C10H20N4O/c1-7(9(11)12)6-14(2)10(15)13-8-4-3-5-8/h7-8H,3-6H2,1-2H3,(H3,11,12)(H,13,15). The molecule has 2 amide bonds. The van der Waals surface area contributed by atoms with Crippen LogP contribution in [0.3, 0.4) is 0 Å². The molecule has 0 saturated heterocycles. The van der Waals surface area contributed by atoms with Gasteiger partial charge < -0.3 is 16.0 Å². The maximum Gasteiger partial charge on any atom is 0.317 e. The summed E-state index contributed by atoms with van der Waals surface area (Å²) in [4.78, 5) is 13.2. The van der Waals surface area contributed by atoms with E-state index in [0.29, 0.717) is 12.6 Å². The smallest absolute Gasteiger partial charge is 0.317 e. The molecule has 5 heteroatoms. The minimum atomic E-state index is -0.0814. The van der Waals surface area contributed by atoms with Crippen molar-refractivity contribution < 1.29 is 4.79 Å². The van der Waals surface area contributed by atoms with E-state index in [-0.39, 0.29) is 17.8 Å². The number of nitrogens with two attached hydrogens (primary N) is 1. The molecule has 0 heterocycles. The lowest BCUT2D eigenvalue weighted by Crippen LogP contribution is -2.47. The van der Waals surface area contributed by atoms with E-state index in [1.54, 1.807) is 11.9 Å². The zero-order valence-electron chi connectivity index (χ0n) is 9.42. The second-order valence-electron chi connectivity index (χ2n) is 4.31. The van der Waals surface area contributed by atoms with Crippen LogP contribution in [0.2, 0.25) is 0 Å². The zero-order valence-corrected chi connectivity index (χ0v) is 9.42. The van der Waals surface area contributed by atoms with Crippen LogP contribution in [-0.2, 0) is 0 Å². The first-order chi connectivity index (χ1) is 7.00. The Morgan fingerprint density at radius 1 is 1.67 bits per heavy atom. The second-order valence-corrected chi connectivity index (χ2v) is 4.31. The number of amidine groups is 1. The van der Waals surface area contributed by atoms with Gasteiger partial charge in [-0.3, -0.25) is 5.41 Å². The van der Waals surface area contributed by atoms with Crippen LogP contribution in [0.4, 0.5) is 4.79 Å². The van der Waals surface area contributed by atoms with Crippen LogP contribution in [0.15, 0.2) is 0 Å². The maximum atomic E-state index is 11.6. The number of amides is 2. The molecular weight excluding hydrogens is 192 g/mol. The van der Waals surface area contributed by atoms with Crippen LogP contribution < -0.4 is 11.1 Å². The van der Waals surface area contributed by atoms with Crippen LogP contribution in [-0.4, -0.2) is 36.4 Å². The number of urea groups is 1. The molecule has 1 fully saturated rings. The van der Waals surface area contributed by atoms with Crippen molar-refractivity contribution in [2.45, 2.75) is 32.2 Å². The molecule has 0 radical (unpaired) electrons. The Kier molecular flexibility index (Phi) is 3.94. The molecule has 86 valence electrons. The molecule has 0 aliphatic heterocycles. The summed E-state index contributed by atoms with van der Waals surface area (Å²) in [7, 11) is 1.73. The number of nitrogens with one attached hydrogen (secondary N) is 2. The van der Waals surface area contributed by atoms with Gasteiger partial charge in [0.1, 0.15) is 0 Å². The average Bonchev–Trinajstić information content (AvgIpc) is 2.10. The molecule has 15 heavy (non-hydrogen) atoms. The topological polar surface area (TPSA) is 82.2 Å². The summed E-state index contributed by atoms with van der Waals surface area (Å²) < 4.78 is 0. The lowest BCUT2D eigenvalue weighted by atomic mass is 9.93. The lowest BCUT2D eigenvalue weighted by molar-refractivity contribution is 0.194. The normalized spacial score (nSPS) is 17.7. The Morgan fingerprint density at radius 2 is 2.27 bits per heavy atom. The van der Waals surface area contributed by atoms with Crippen molar-refractivity contribution in [2.24, 2.45) is 11.7 Å². The van der Waals surface area contributed by atoms with Gasteiger partial charge in [0, 0.05) is 25.6 Å². The quantitative estimate of drug-likeness (QED) is 0.475. The second kappa shape index (κ2) is 5.00. The molecule has 1 rings (SSSR count). The van der Waals surface area contributed by atoms with E-state index < -0.39 is 0 Å². The molecule has 1 atom stereocenters. The van der Waals surface area contributed by atoms with Gasteiger partial charge in [0.25, 0.3) is 0 Å². The number of hydrogen-bond acceptors (Lipinski definition) is 2. The third-order valence-corrected chi connectivity index (χ3v) is 2.86. The third kappa shape index (κ3) is 3.42. The molecule has 0 aromatic rings. The van der Waals surface area contributed by atoms with Crippen molar-refractivity contribution in [2.75, 3.05) is 13.6 Å². The maximum absolute atomic E-state index is 11.6. The Morgan fingerprint density at radius 3 is 2.67 bits per heavy atom. The van der Waals surface area contributed by atoms with Crippen molar-refractivity contribution in [3.63, 3.8) is 0 Å². The summed E-state index contributed by atoms with van der Waals surface area (Å²) in [5.41, 5.74) is 5.35. The fraction of sp³-hybridized carbons (Fsp3) is 0.800. The van der Waals surface area contributed by atoms with Gasteiger partial charge in [-0.15, -0.1) is 0 Å². The van der Waals surface area contributed by atoms with E-state index in [2.05, 4.69) is 5.32 Å². The van der Waals surface area contributed by atoms with Gasteiger partial charge in [0.15, 0.2) is 0 Å². The van der Waals surface area contributed by atoms with Crippen LogP contribution >= 0.6 is 0 Å². The van der Waals surface area contributed by atoms with E-state index in [0.717, 1.165) is 12.8 Å². The predicted molar refractivity (Wildman–Crippen MR) is 59.9 cm³/mol. The summed E-state index contributed by atoms with van der Waals surface area (Å²) in [6.07, 6.45) is 3.38. The minimum Gasteiger partial charge on any atom is -0.387 e. The molecule has 1 aliphatic rings. The highest BCUT2D eigenvalue weighted by Crippen LogP contribution is 2.18. The monoisotopic (exact) mass is 212 g/mol. The van der Waals surface area contributed by atoms with Gasteiger partial charge in [0.2, 0.25) is 0 Å². The van der Waals surface area contributed by atoms with Crippen molar-refractivity contribution in [1.82, 2.24) is 10.2 Å². The van der Waals surface area contributed by atoms with Gasteiger partial charge in [-0.2, -0.15) is 0 Å². The van der Waals surface area contributed by atoms with Crippen molar-refractivity contribution in [1.29, 1.82) is 5.41 Å². The molecule has 1 saturated carbocycles. The van der Waals surface area contributed by atoms with Gasteiger partial charge in [0.05, 0.1) is 5.84 Å². The van der Waals surface area contributed by atoms with Gasteiger partial charge in [-0.1, -0.05) is 6.92 Å². The molecule has 1 aliphatic carbocycles. The summed E-state index contributed by atoms with van der Waals surface area (Å²) in [6.45, 7) is 2.34. The number of carbonyl (C=O) groups is 1. The Bertz CT molecular complexity index is 250. The van der Waals surface area contributed by atoms with Crippen LogP contribution in [0.1, 0.15) is 26.2 Å². The first-order valence-corrected chi connectivity index (χ1v) is 5.36. The van der Waals surface area contributed by atoms with Gasteiger partial charge >= 0.3 is 6.03 Å². The average molecular weight is 212 g/mol. The number of carbonyl (C=O) groups excluding carboxylic acids is 1. The van der Waals surface area contributed by atoms with Crippen LogP contribution in [0.5, 0.6) is 0 Å². The fourth-order valence-electron chi connectivity index (χ4n) is 1.43. The highest BCUT2D eigenvalue weighted by Gasteiger charge is 2.21. The SMILES string of the molecule is CC(CN(C)C(=O)NC1CCC1)C(=N)N. The Labute approximate surface area is 90.5 Å². The van der Waals surface area contributed by atoms with Crippen molar-refractivity contribution in [3.8, 4) is 0 Å². The first-order valence-electron chi connectivity index (χ1n) is 5.36. The predicted octanol–water partition coefficient (Wildman–Crippen LogP) is 0.752. The molecule has 5 nitrogen and oxygen atoms in total. The Balaban J connectivity index is 2.28. The van der Waals surface area contributed by atoms with Crippen LogP contribution in [0, 0.1) is 11.3 Å².